The highest BCUT2D eigenvalue weighted by Gasteiger charge is 2.31. The minimum absolute atomic E-state index is 0.00361. The summed E-state index contributed by atoms with van der Waals surface area (Å²) >= 11 is 1.16. The summed E-state index contributed by atoms with van der Waals surface area (Å²) in [6.45, 7) is 0. The van der Waals surface area contributed by atoms with Crippen LogP contribution in [0.4, 0.5) is 10.2 Å². The fourth-order valence-corrected chi connectivity index (χ4v) is 2.26. The van der Waals surface area contributed by atoms with E-state index in [1.165, 1.54) is 0 Å². The van der Waals surface area contributed by atoms with E-state index in [1.807, 2.05) is 11.9 Å². The van der Waals surface area contributed by atoms with Crippen LogP contribution in [0.15, 0.2) is 6.20 Å². The Labute approximate surface area is 80.9 Å². The van der Waals surface area contributed by atoms with Crippen molar-refractivity contribution in [3.05, 3.63) is 6.20 Å². The second-order valence-corrected chi connectivity index (χ2v) is 3.95. The first kappa shape index (κ1) is 8.87. The van der Waals surface area contributed by atoms with Crippen molar-refractivity contribution in [3.8, 4) is 0 Å². The molecule has 1 heterocycles. The van der Waals surface area contributed by atoms with Crippen molar-refractivity contribution in [2.45, 2.75) is 31.5 Å². The van der Waals surface area contributed by atoms with Gasteiger partial charge < -0.3 is 4.90 Å². The summed E-state index contributed by atoms with van der Waals surface area (Å²) in [5.74, 6) is 0.791. The monoisotopic (exact) mass is 201 g/mol. The van der Waals surface area contributed by atoms with Gasteiger partial charge in [-0.2, -0.15) is 8.75 Å². The predicted molar refractivity (Wildman–Crippen MR) is 50.8 cm³/mol. The molecule has 3 nitrogen and oxygen atoms in total. The van der Waals surface area contributed by atoms with Gasteiger partial charge >= 0.3 is 0 Å². The van der Waals surface area contributed by atoms with E-state index in [4.69, 9.17) is 0 Å². The van der Waals surface area contributed by atoms with Crippen molar-refractivity contribution in [1.82, 2.24) is 8.75 Å². The van der Waals surface area contributed by atoms with E-state index in [0.717, 1.165) is 30.4 Å². The average molecular weight is 201 g/mol. The molecule has 0 N–H and O–H groups in total. The molecule has 1 aliphatic rings. The Morgan fingerprint density at radius 3 is 3.00 bits per heavy atom. The van der Waals surface area contributed by atoms with Crippen LogP contribution in [0.25, 0.3) is 0 Å². The topological polar surface area (TPSA) is 29.0 Å². The van der Waals surface area contributed by atoms with Crippen molar-refractivity contribution in [3.63, 3.8) is 0 Å². The number of aromatic nitrogens is 2. The van der Waals surface area contributed by atoms with E-state index in [-0.39, 0.29) is 6.04 Å². The van der Waals surface area contributed by atoms with Crippen molar-refractivity contribution in [1.29, 1.82) is 0 Å². The van der Waals surface area contributed by atoms with E-state index in [0.29, 0.717) is 6.42 Å². The van der Waals surface area contributed by atoms with Gasteiger partial charge in [0.2, 0.25) is 0 Å². The molecule has 0 saturated heterocycles. The summed E-state index contributed by atoms with van der Waals surface area (Å²) in [4.78, 5) is 1.90. The van der Waals surface area contributed by atoms with Crippen LogP contribution in [0.1, 0.15) is 19.3 Å². The van der Waals surface area contributed by atoms with Gasteiger partial charge in [0.05, 0.1) is 24.0 Å². The van der Waals surface area contributed by atoms with Crippen LogP contribution in [-0.2, 0) is 0 Å². The fraction of sp³-hybridized carbons (Fsp3) is 0.750. The SMILES string of the molecule is CN(c1cnsn1)C1CCCC1F. The summed E-state index contributed by atoms with van der Waals surface area (Å²) in [5, 5.41) is 0. The minimum Gasteiger partial charge on any atom is -0.352 e. The molecule has 0 radical (unpaired) electrons. The maximum absolute atomic E-state index is 13.3. The molecule has 1 saturated carbocycles. The molecule has 0 amide bonds. The number of nitrogens with zero attached hydrogens (tertiary/aromatic N) is 3. The molecule has 2 atom stereocenters. The van der Waals surface area contributed by atoms with Gasteiger partial charge in [-0.15, -0.1) is 0 Å². The third-order valence-corrected chi connectivity index (χ3v) is 3.07. The fourth-order valence-electron chi connectivity index (χ4n) is 1.82. The lowest BCUT2D eigenvalue weighted by atomic mass is 10.2. The molecule has 1 aromatic heterocycles. The Hall–Kier alpha value is -0.710. The van der Waals surface area contributed by atoms with Gasteiger partial charge in [-0.3, -0.25) is 0 Å². The van der Waals surface area contributed by atoms with Crippen molar-refractivity contribution < 1.29 is 4.39 Å². The molecule has 1 aliphatic carbocycles. The number of halogens is 1. The normalized spacial score (nSPS) is 27.8. The quantitative estimate of drug-likeness (QED) is 0.731. The lowest BCUT2D eigenvalue weighted by molar-refractivity contribution is 0.306. The van der Waals surface area contributed by atoms with Gasteiger partial charge in [-0.25, -0.2) is 4.39 Å². The van der Waals surface area contributed by atoms with Crippen LogP contribution in [0.2, 0.25) is 0 Å². The van der Waals surface area contributed by atoms with Gasteiger partial charge in [-0.05, 0) is 19.3 Å². The lowest BCUT2D eigenvalue weighted by Gasteiger charge is -2.25. The maximum atomic E-state index is 13.3. The van der Waals surface area contributed by atoms with Crippen LogP contribution in [0.5, 0.6) is 0 Å². The first-order valence-corrected chi connectivity index (χ1v) is 5.16. The predicted octanol–water partition coefficient (Wildman–Crippen LogP) is 1.86. The van der Waals surface area contributed by atoms with E-state index in [2.05, 4.69) is 8.75 Å². The lowest BCUT2D eigenvalue weighted by Crippen LogP contribution is -2.35. The highest BCUT2D eigenvalue weighted by Crippen LogP contribution is 2.28. The summed E-state index contributed by atoms with van der Waals surface area (Å²) < 4.78 is 21.3. The number of hydrogen-bond acceptors (Lipinski definition) is 4. The zero-order chi connectivity index (χ0) is 9.26. The zero-order valence-corrected chi connectivity index (χ0v) is 8.30. The molecule has 0 spiro atoms. The third-order valence-electron chi connectivity index (χ3n) is 2.61. The highest BCUT2D eigenvalue weighted by molar-refractivity contribution is 6.99. The molecule has 1 fully saturated rings. The number of hydrogen-bond donors (Lipinski definition) is 0. The van der Waals surface area contributed by atoms with Gasteiger partial charge in [-0.1, -0.05) is 0 Å². The minimum atomic E-state index is -0.702. The molecule has 5 heteroatoms. The first-order valence-electron chi connectivity index (χ1n) is 4.43. The Morgan fingerprint density at radius 1 is 1.62 bits per heavy atom. The van der Waals surface area contributed by atoms with Gasteiger partial charge in [0.25, 0.3) is 0 Å². The Morgan fingerprint density at radius 2 is 2.46 bits per heavy atom. The largest absolute Gasteiger partial charge is 0.352 e. The molecule has 2 rings (SSSR count). The summed E-state index contributed by atoms with van der Waals surface area (Å²) in [6.07, 6.45) is 3.58. The number of anilines is 1. The molecule has 0 aliphatic heterocycles. The van der Waals surface area contributed by atoms with Crippen LogP contribution in [0, 0.1) is 0 Å². The molecular weight excluding hydrogens is 189 g/mol. The smallest absolute Gasteiger partial charge is 0.162 e. The standard InChI is InChI=1S/C8H12FN3S/c1-12(8-5-10-13-11-8)7-4-2-3-6(7)9/h5-7H,2-4H2,1H3. The second-order valence-electron chi connectivity index (χ2n) is 3.39. The molecule has 1 aromatic rings. The number of alkyl halides is 1. The molecule has 13 heavy (non-hydrogen) atoms. The molecular formula is C8H12FN3S. The molecule has 0 bridgehead atoms. The maximum Gasteiger partial charge on any atom is 0.162 e. The van der Waals surface area contributed by atoms with Crippen LogP contribution >= 0.6 is 11.7 Å². The Kier molecular flexibility index (Phi) is 2.44. The molecule has 72 valence electrons. The zero-order valence-electron chi connectivity index (χ0n) is 7.48. The van der Waals surface area contributed by atoms with Crippen molar-refractivity contribution >= 4 is 17.5 Å². The van der Waals surface area contributed by atoms with Crippen molar-refractivity contribution in [2.24, 2.45) is 0 Å². The van der Waals surface area contributed by atoms with Crippen LogP contribution in [0.3, 0.4) is 0 Å². The van der Waals surface area contributed by atoms with E-state index < -0.39 is 6.17 Å². The Balaban J connectivity index is 2.08. The van der Waals surface area contributed by atoms with Crippen LogP contribution < -0.4 is 4.90 Å². The molecule has 2 unspecified atom stereocenters. The molecule has 0 aromatic carbocycles. The van der Waals surface area contributed by atoms with Gasteiger partial charge in [0.15, 0.2) is 5.82 Å². The van der Waals surface area contributed by atoms with E-state index in [9.17, 15) is 4.39 Å². The van der Waals surface area contributed by atoms with Gasteiger partial charge in [0.1, 0.15) is 6.17 Å². The highest BCUT2D eigenvalue weighted by atomic mass is 32.1. The first-order chi connectivity index (χ1) is 6.29. The number of rotatable bonds is 2. The third kappa shape index (κ3) is 1.65. The van der Waals surface area contributed by atoms with Gasteiger partial charge in [0, 0.05) is 7.05 Å². The van der Waals surface area contributed by atoms with Crippen molar-refractivity contribution in [2.75, 3.05) is 11.9 Å². The summed E-state index contributed by atoms with van der Waals surface area (Å²) in [6, 6.07) is 0.00361. The Bertz CT molecular complexity index is 264. The van der Waals surface area contributed by atoms with E-state index in [1.54, 1.807) is 6.20 Å². The summed E-state index contributed by atoms with van der Waals surface area (Å²) in [5.41, 5.74) is 0. The summed E-state index contributed by atoms with van der Waals surface area (Å²) in [7, 11) is 1.89. The van der Waals surface area contributed by atoms with Crippen LogP contribution in [-0.4, -0.2) is 28.0 Å². The second kappa shape index (κ2) is 3.57. The van der Waals surface area contributed by atoms with E-state index >= 15 is 0 Å². The average Bonchev–Trinajstić information content (AvgIpc) is 2.72.